The summed E-state index contributed by atoms with van der Waals surface area (Å²) in [5.74, 6) is 0.197. The second kappa shape index (κ2) is 7.49. The largest absolute Gasteiger partial charge is 0.394 e. The molecule has 1 aliphatic heterocycles. The Bertz CT molecular complexity index is 999. The molecule has 1 fully saturated rings. The van der Waals surface area contributed by atoms with Crippen LogP contribution in [-0.2, 0) is 11.3 Å². The third kappa shape index (κ3) is 3.15. The third-order valence-corrected chi connectivity index (χ3v) is 5.01. The number of nitrogens with two attached hydrogens (primary N) is 1. The number of fused-ring (bicyclic) bond motifs is 1. The van der Waals surface area contributed by atoms with Crippen molar-refractivity contribution in [2.45, 2.75) is 31.1 Å². The summed E-state index contributed by atoms with van der Waals surface area (Å²) >= 11 is 6.12. The molecule has 0 bridgehead atoms. The Hall–Kier alpha value is -2.50. The summed E-state index contributed by atoms with van der Waals surface area (Å²) in [7, 11) is 0. The van der Waals surface area contributed by atoms with Crippen LogP contribution < -0.4 is 15.3 Å². The monoisotopic (exact) mass is 408 g/mol. The fourth-order valence-electron chi connectivity index (χ4n) is 3.09. The van der Waals surface area contributed by atoms with Crippen molar-refractivity contribution >= 4 is 28.6 Å². The quantitative estimate of drug-likeness (QED) is 0.402. The van der Waals surface area contributed by atoms with Gasteiger partial charge in [-0.3, -0.25) is 4.57 Å². The van der Waals surface area contributed by atoms with E-state index < -0.39 is 31.1 Å². The molecule has 10 nitrogen and oxygen atoms in total. The highest BCUT2D eigenvalue weighted by Crippen LogP contribution is 2.31. The highest BCUT2D eigenvalue weighted by molar-refractivity contribution is 6.31. The van der Waals surface area contributed by atoms with E-state index in [9.17, 15) is 15.3 Å². The van der Waals surface area contributed by atoms with E-state index in [-0.39, 0.29) is 12.4 Å². The third-order valence-electron chi connectivity index (χ3n) is 4.64. The molecule has 4 rings (SSSR count). The number of rotatable bonds is 5. The highest BCUT2D eigenvalue weighted by atomic mass is 35.5. The molecule has 1 aromatic carbocycles. The van der Waals surface area contributed by atoms with Gasteiger partial charge < -0.3 is 30.6 Å². The topological polar surface area (TPSA) is 140 Å². The van der Waals surface area contributed by atoms with Gasteiger partial charge in [0.25, 0.3) is 12.1 Å². The van der Waals surface area contributed by atoms with Crippen LogP contribution >= 0.6 is 11.6 Å². The predicted octanol–water partition coefficient (Wildman–Crippen LogP) is -0.805. The van der Waals surface area contributed by atoms with Crippen molar-refractivity contribution in [3.63, 3.8) is 0 Å². The molecule has 4 atom stereocenters. The smallest absolute Gasteiger partial charge is 0.289 e. The van der Waals surface area contributed by atoms with Crippen LogP contribution in [0.5, 0.6) is 0 Å². The fraction of sp³-hybridized carbons (Fsp3) is 0.353. The van der Waals surface area contributed by atoms with E-state index in [0.29, 0.717) is 16.2 Å². The minimum atomic E-state index is -1.25. The van der Waals surface area contributed by atoms with Crippen molar-refractivity contribution in [3.05, 3.63) is 47.5 Å². The van der Waals surface area contributed by atoms with Crippen molar-refractivity contribution < 1.29 is 29.6 Å². The lowest BCUT2D eigenvalue weighted by Gasteiger charge is -2.15. The first kappa shape index (κ1) is 18.8. The van der Waals surface area contributed by atoms with E-state index in [1.807, 2.05) is 18.2 Å². The van der Waals surface area contributed by atoms with Gasteiger partial charge in [-0.25, -0.2) is 4.98 Å². The normalized spacial score (nSPS) is 24.7. The molecule has 28 heavy (non-hydrogen) atoms. The van der Waals surface area contributed by atoms with Crippen molar-refractivity contribution in [2.75, 3.05) is 12.3 Å². The molecule has 0 radical (unpaired) electrons. The number of imidazole rings is 1. The Morgan fingerprint density at radius 3 is 2.75 bits per heavy atom. The first-order valence-electron chi connectivity index (χ1n) is 8.53. The number of hydrogen-bond donors (Lipinski definition) is 4. The SMILES string of the molecule is Nc1c2ncn([C@@H]3O[C@H](CO)[C@@H](O)[C@H]3O)c2nc[n+]1OCc1ccccc1Cl. The number of aliphatic hydroxyl groups excluding tert-OH is 3. The van der Waals surface area contributed by atoms with Crippen molar-refractivity contribution in [1.29, 1.82) is 0 Å². The van der Waals surface area contributed by atoms with Crippen LogP contribution in [0.3, 0.4) is 0 Å². The van der Waals surface area contributed by atoms with Gasteiger partial charge in [0.05, 0.1) is 6.61 Å². The second-order valence-corrected chi connectivity index (χ2v) is 6.78. The number of nitrogen functional groups attached to an aromatic ring is 1. The van der Waals surface area contributed by atoms with E-state index in [1.54, 1.807) is 6.07 Å². The average Bonchev–Trinajstić information content (AvgIpc) is 3.24. The molecule has 0 aliphatic carbocycles. The number of aromatic nitrogens is 4. The molecule has 3 aromatic rings. The van der Waals surface area contributed by atoms with Gasteiger partial charge in [0.1, 0.15) is 24.6 Å². The van der Waals surface area contributed by atoms with Gasteiger partial charge in [-0.2, -0.15) is 0 Å². The molecular weight excluding hydrogens is 390 g/mol. The molecular formula is C17H19ClN5O5+. The zero-order valence-corrected chi connectivity index (χ0v) is 15.3. The first-order valence-corrected chi connectivity index (χ1v) is 8.91. The Morgan fingerprint density at radius 1 is 1.25 bits per heavy atom. The number of nitrogens with zero attached hydrogens (tertiary/aromatic N) is 4. The highest BCUT2D eigenvalue weighted by Gasteiger charge is 2.44. The number of anilines is 1. The molecule has 0 saturated carbocycles. The van der Waals surface area contributed by atoms with E-state index >= 15 is 0 Å². The Balaban J connectivity index is 1.60. The van der Waals surface area contributed by atoms with Crippen molar-refractivity contribution in [1.82, 2.24) is 14.5 Å². The standard InChI is InChI=1S/C17H18ClN5O5/c18-10-4-2-1-3-9(10)6-27-23-8-21-16-12(15(23)19)20-7-22(16)17-14(26)13(25)11(5-24)28-17/h1-4,7-8,11,13-14,17,19,24-26H,5-6H2/p+1/t11-,13-,14-,17-/m1/s1. The maximum absolute atomic E-state index is 10.2. The lowest BCUT2D eigenvalue weighted by atomic mass is 10.1. The molecule has 3 heterocycles. The van der Waals surface area contributed by atoms with E-state index in [4.69, 9.17) is 26.9 Å². The molecule has 0 spiro atoms. The number of ether oxygens (including phenoxy) is 1. The van der Waals surface area contributed by atoms with Gasteiger partial charge in [0.2, 0.25) is 11.2 Å². The summed E-state index contributed by atoms with van der Waals surface area (Å²) in [6.07, 6.45) is -1.56. The summed E-state index contributed by atoms with van der Waals surface area (Å²) in [6.45, 7) is -0.246. The fourth-order valence-corrected chi connectivity index (χ4v) is 3.28. The molecule has 11 heteroatoms. The van der Waals surface area contributed by atoms with Crippen LogP contribution in [-0.4, -0.2) is 54.8 Å². The molecule has 1 aliphatic rings. The Morgan fingerprint density at radius 2 is 2.04 bits per heavy atom. The number of hydrogen-bond acceptors (Lipinski definition) is 8. The Labute approximate surface area is 164 Å². The molecule has 5 N–H and O–H groups in total. The van der Waals surface area contributed by atoms with Crippen LogP contribution in [0.4, 0.5) is 5.82 Å². The lowest BCUT2D eigenvalue weighted by molar-refractivity contribution is -0.885. The van der Waals surface area contributed by atoms with Crippen molar-refractivity contribution in [2.24, 2.45) is 0 Å². The molecule has 2 aromatic heterocycles. The zero-order chi connectivity index (χ0) is 19.8. The van der Waals surface area contributed by atoms with Crippen LogP contribution in [0.1, 0.15) is 11.8 Å². The van der Waals surface area contributed by atoms with Gasteiger partial charge in [0, 0.05) is 10.6 Å². The molecule has 0 amide bonds. The molecule has 0 unspecified atom stereocenters. The summed E-state index contributed by atoms with van der Waals surface area (Å²) < 4.78 is 8.25. The van der Waals surface area contributed by atoms with Crippen LogP contribution in [0.15, 0.2) is 36.9 Å². The summed E-state index contributed by atoms with van der Waals surface area (Å²) in [5.41, 5.74) is 7.60. The van der Waals surface area contributed by atoms with Gasteiger partial charge >= 0.3 is 0 Å². The molecule has 148 valence electrons. The number of benzene rings is 1. The predicted molar refractivity (Wildman–Crippen MR) is 96.9 cm³/mol. The zero-order valence-electron chi connectivity index (χ0n) is 14.6. The van der Waals surface area contributed by atoms with E-state index in [1.165, 1.54) is 22.0 Å². The van der Waals surface area contributed by atoms with Gasteiger partial charge in [-0.05, 0) is 6.07 Å². The number of aliphatic hydroxyl groups is 3. The minimum absolute atomic E-state index is 0.178. The Kier molecular flexibility index (Phi) is 5.04. The number of halogens is 1. The summed E-state index contributed by atoms with van der Waals surface area (Å²) in [5, 5.41) is 30.0. The van der Waals surface area contributed by atoms with E-state index in [2.05, 4.69) is 9.97 Å². The maximum Gasteiger partial charge on any atom is 0.289 e. The van der Waals surface area contributed by atoms with Gasteiger partial charge in [-0.15, -0.1) is 0 Å². The summed E-state index contributed by atoms with van der Waals surface area (Å²) in [4.78, 5) is 14.2. The van der Waals surface area contributed by atoms with Crippen LogP contribution in [0.25, 0.3) is 11.2 Å². The second-order valence-electron chi connectivity index (χ2n) is 6.37. The first-order chi connectivity index (χ1) is 13.5. The average molecular weight is 409 g/mol. The lowest BCUT2D eigenvalue weighted by Crippen LogP contribution is -2.45. The molecule has 1 saturated heterocycles. The van der Waals surface area contributed by atoms with Crippen molar-refractivity contribution in [3.8, 4) is 0 Å². The van der Waals surface area contributed by atoms with Crippen LogP contribution in [0.2, 0.25) is 5.02 Å². The maximum atomic E-state index is 10.2. The van der Waals surface area contributed by atoms with Gasteiger partial charge in [0.15, 0.2) is 12.8 Å². The van der Waals surface area contributed by atoms with E-state index in [0.717, 1.165) is 5.56 Å². The minimum Gasteiger partial charge on any atom is -0.394 e. The summed E-state index contributed by atoms with van der Waals surface area (Å²) in [6, 6.07) is 7.27. The van der Waals surface area contributed by atoms with Crippen LogP contribution in [0, 0.1) is 0 Å². The van der Waals surface area contributed by atoms with Gasteiger partial charge in [-0.1, -0.05) is 39.5 Å².